The third kappa shape index (κ3) is 9.08. The topological polar surface area (TPSA) is 65.5 Å². The van der Waals surface area contributed by atoms with Crippen LogP contribution < -0.4 is 16.0 Å². The van der Waals surface area contributed by atoms with Gasteiger partial charge < -0.3 is 16.0 Å². The predicted octanol–water partition coefficient (Wildman–Crippen LogP) is 2.35. The number of hydrogen-bond acceptors (Lipinski definition) is 2. The summed E-state index contributed by atoms with van der Waals surface area (Å²) in [6.45, 7) is 9.42. The Morgan fingerprint density at radius 1 is 1.17 bits per heavy atom. The van der Waals surface area contributed by atoms with Gasteiger partial charge in [-0.2, -0.15) is 0 Å². The van der Waals surface area contributed by atoms with Crippen LogP contribution in [0.2, 0.25) is 5.02 Å². The van der Waals surface area contributed by atoms with Gasteiger partial charge in [-0.3, -0.25) is 4.79 Å². The summed E-state index contributed by atoms with van der Waals surface area (Å²) in [6.07, 6.45) is 0.857. The Kier molecular flexibility index (Phi) is 7.89. The van der Waals surface area contributed by atoms with E-state index in [1.54, 1.807) is 0 Å². The first-order valence-electron chi connectivity index (χ1n) is 7.88. The van der Waals surface area contributed by atoms with Crippen LogP contribution in [-0.4, -0.2) is 37.0 Å². The molecule has 23 heavy (non-hydrogen) atoms. The predicted molar refractivity (Wildman–Crippen MR) is 97.0 cm³/mol. The molecule has 128 valence electrons. The highest BCUT2D eigenvalue weighted by atomic mass is 35.5. The summed E-state index contributed by atoms with van der Waals surface area (Å²) in [5.41, 5.74) is 0.954. The van der Waals surface area contributed by atoms with E-state index in [4.69, 9.17) is 11.6 Å². The van der Waals surface area contributed by atoms with Gasteiger partial charge in [0.1, 0.15) is 6.54 Å². The molecular weight excluding hydrogens is 312 g/mol. The van der Waals surface area contributed by atoms with E-state index >= 15 is 0 Å². The van der Waals surface area contributed by atoms with Crippen LogP contribution in [0, 0.1) is 0 Å². The Bertz CT molecular complexity index is 520. The van der Waals surface area contributed by atoms with Crippen LogP contribution in [0.4, 0.5) is 0 Å². The number of aliphatic imine (C=N–C) groups is 1. The molecule has 0 aromatic heterocycles. The molecule has 3 N–H and O–H groups in total. The van der Waals surface area contributed by atoms with E-state index in [9.17, 15) is 4.79 Å². The summed E-state index contributed by atoms with van der Waals surface area (Å²) in [5.74, 6) is 0.554. The maximum Gasteiger partial charge on any atom is 0.242 e. The molecule has 0 bridgehead atoms. The third-order valence-electron chi connectivity index (χ3n) is 2.86. The van der Waals surface area contributed by atoms with Gasteiger partial charge >= 0.3 is 0 Å². The Hall–Kier alpha value is -1.75. The SMILES string of the molecule is CCNC(=NCC(=O)NC(C)(C)C)NCCc1ccc(Cl)cc1. The van der Waals surface area contributed by atoms with Crippen molar-refractivity contribution in [1.29, 1.82) is 0 Å². The Morgan fingerprint density at radius 2 is 1.83 bits per heavy atom. The van der Waals surface area contributed by atoms with Gasteiger partial charge in [-0.15, -0.1) is 0 Å². The van der Waals surface area contributed by atoms with E-state index in [1.807, 2.05) is 52.0 Å². The minimum absolute atomic E-state index is 0.0904. The normalized spacial score (nSPS) is 12.0. The molecule has 0 unspecified atom stereocenters. The van der Waals surface area contributed by atoms with Gasteiger partial charge in [0.25, 0.3) is 0 Å². The summed E-state index contributed by atoms with van der Waals surface area (Å²) in [5, 5.41) is 9.99. The summed E-state index contributed by atoms with van der Waals surface area (Å²) < 4.78 is 0. The zero-order valence-corrected chi connectivity index (χ0v) is 15.1. The number of rotatable bonds is 6. The first-order chi connectivity index (χ1) is 10.8. The monoisotopic (exact) mass is 338 g/mol. The van der Waals surface area contributed by atoms with Crippen molar-refractivity contribution in [2.24, 2.45) is 4.99 Å². The molecule has 0 aliphatic heterocycles. The van der Waals surface area contributed by atoms with E-state index in [0.29, 0.717) is 5.96 Å². The molecule has 0 atom stereocenters. The van der Waals surface area contributed by atoms with Crippen molar-refractivity contribution >= 4 is 23.5 Å². The van der Waals surface area contributed by atoms with Gasteiger partial charge in [0, 0.05) is 23.7 Å². The van der Waals surface area contributed by atoms with Gasteiger partial charge in [-0.05, 0) is 51.8 Å². The van der Waals surface area contributed by atoms with Gasteiger partial charge in [-0.1, -0.05) is 23.7 Å². The molecule has 0 heterocycles. The standard InChI is InChI=1S/C17H27ClN4O/c1-5-19-16(21-12-15(23)22-17(2,3)4)20-11-10-13-6-8-14(18)9-7-13/h6-9H,5,10-12H2,1-4H3,(H,22,23)(H2,19,20,21). The lowest BCUT2D eigenvalue weighted by Gasteiger charge is -2.20. The van der Waals surface area contributed by atoms with E-state index in [2.05, 4.69) is 20.9 Å². The molecule has 1 rings (SSSR count). The van der Waals surface area contributed by atoms with Crippen LogP contribution in [0.5, 0.6) is 0 Å². The fourth-order valence-electron chi connectivity index (χ4n) is 1.93. The molecule has 1 amide bonds. The summed E-state index contributed by atoms with van der Waals surface area (Å²) in [7, 11) is 0. The highest BCUT2D eigenvalue weighted by Gasteiger charge is 2.13. The van der Waals surface area contributed by atoms with Crippen molar-refractivity contribution in [1.82, 2.24) is 16.0 Å². The lowest BCUT2D eigenvalue weighted by atomic mass is 10.1. The van der Waals surface area contributed by atoms with Crippen molar-refractivity contribution in [3.05, 3.63) is 34.9 Å². The number of carbonyl (C=O) groups excluding carboxylic acids is 1. The van der Waals surface area contributed by atoms with Crippen molar-refractivity contribution in [3.63, 3.8) is 0 Å². The Morgan fingerprint density at radius 3 is 2.39 bits per heavy atom. The van der Waals surface area contributed by atoms with Crippen molar-refractivity contribution < 1.29 is 4.79 Å². The van der Waals surface area contributed by atoms with Gasteiger partial charge in [0.15, 0.2) is 5.96 Å². The maximum atomic E-state index is 11.8. The number of amides is 1. The quantitative estimate of drug-likeness (QED) is 0.551. The number of halogens is 1. The zero-order valence-electron chi connectivity index (χ0n) is 14.4. The number of hydrogen-bond donors (Lipinski definition) is 3. The highest BCUT2D eigenvalue weighted by Crippen LogP contribution is 2.09. The summed E-state index contributed by atoms with van der Waals surface area (Å²) >= 11 is 5.87. The second kappa shape index (κ2) is 9.40. The second-order valence-corrected chi connectivity index (χ2v) is 6.73. The van der Waals surface area contributed by atoms with Crippen LogP contribution in [-0.2, 0) is 11.2 Å². The van der Waals surface area contributed by atoms with E-state index in [1.165, 1.54) is 5.56 Å². The van der Waals surface area contributed by atoms with Gasteiger partial charge in [-0.25, -0.2) is 4.99 Å². The second-order valence-electron chi connectivity index (χ2n) is 6.30. The molecule has 1 aromatic carbocycles. The third-order valence-corrected chi connectivity index (χ3v) is 3.11. The first-order valence-corrected chi connectivity index (χ1v) is 8.25. The van der Waals surface area contributed by atoms with Crippen molar-refractivity contribution in [2.75, 3.05) is 19.6 Å². The van der Waals surface area contributed by atoms with Crippen molar-refractivity contribution in [2.45, 2.75) is 39.7 Å². The van der Waals surface area contributed by atoms with E-state index in [-0.39, 0.29) is 18.0 Å². The van der Waals surface area contributed by atoms with Crippen LogP contribution in [0.3, 0.4) is 0 Å². The fraction of sp³-hybridized carbons (Fsp3) is 0.529. The molecule has 0 saturated heterocycles. The van der Waals surface area contributed by atoms with Crippen LogP contribution in [0.15, 0.2) is 29.3 Å². The number of guanidine groups is 1. The average Bonchev–Trinajstić information content (AvgIpc) is 2.45. The molecule has 0 aliphatic carbocycles. The molecule has 0 aliphatic rings. The molecule has 0 radical (unpaired) electrons. The van der Waals surface area contributed by atoms with E-state index in [0.717, 1.165) is 24.5 Å². The molecule has 5 nitrogen and oxygen atoms in total. The van der Waals surface area contributed by atoms with Crippen LogP contribution >= 0.6 is 11.6 Å². The minimum atomic E-state index is -0.243. The van der Waals surface area contributed by atoms with Gasteiger partial charge in [0.05, 0.1) is 0 Å². The molecule has 0 spiro atoms. The van der Waals surface area contributed by atoms with E-state index < -0.39 is 0 Å². The summed E-state index contributed by atoms with van der Waals surface area (Å²) in [4.78, 5) is 16.1. The Labute approximate surface area is 143 Å². The smallest absolute Gasteiger partial charge is 0.242 e. The maximum absolute atomic E-state index is 11.8. The lowest BCUT2D eigenvalue weighted by Crippen LogP contribution is -2.43. The number of carbonyl (C=O) groups is 1. The highest BCUT2D eigenvalue weighted by molar-refractivity contribution is 6.30. The van der Waals surface area contributed by atoms with Crippen molar-refractivity contribution in [3.8, 4) is 0 Å². The average molecular weight is 339 g/mol. The van der Waals surface area contributed by atoms with Gasteiger partial charge in [0.2, 0.25) is 5.91 Å². The number of benzene rings is 1. The van der Waals surface area contributed by atoms with Crippen LogP contribution in [0.1, 0.15) is 33.3 Å². The fourth-order valence-corrected chi connectivity index (χ4v) is 2.05. The molecular formula is C17H27ClN4O. The first kappa shape index (κ1) is 19.3. The lowest BCUT2D eigenvalue weighted by molar-refractivity contribution is -0.121. The number of nitrogens with zero attached hydrogens (tertiary/aromatic N) is 1. The number of nitrogens with one attached hydrogen (secondary N) is 3. The molecule has 0 fully saturated rings. The molecule has 6 heteroatoms. The minimum Gasteiger partial charge on any atom is -0.357 e. The largest absolute Gasteiger partial charge is 0.357 e. The van der Waals surface area contributed by atoms with Crippen LogP contribution in [0.25, 0.3) is 0 Å². The summed E-state index contributed by atoms with van der Waals surface area (Å²) in [6, 6.07) is 7.77. The molecule has 0 saturated carbocycles. The zero-order chi connectivity index (χ0) is 17.3. The molecule has 1 aromatic rings. The Balaban J connectivity index is 2.45.